The van der Waals surface area contributed by atoms with Gasteiger partial charge in [0, 0.05) is 13.1 Å². The smallest absolute Gasteiger partial charge is 0.0639 e. The summed E-state index contributed by atoms with van der Waals surface area (Å²) in [7, 11) is 0. The van der Waals surface area contributed by atoms with Crippen LogP contribution in [-0.4, -0.2) is 35.7 Å². The molecule has 1 atom stereocenters. The van der Waals surface area contributed by atoms with Crippen molar-refractivity contribution in [2.24, 2.45) is 5.92 Å². The van der Waals surface area contributed by atoms with Crippen LogP contribution in [0.2, 0.25) is 0 Å². The number of nitrogens with zero attached hydrogens (tertiary/aromatic N) is 1. The summed E-state index contributed by atoms with van der Waals surface area (Å²) in [4.78, 5) is 2.39. The molecule has 1 unspecified atom stereocenters. The summed E-state index contributed by atoms with van der Waals surface area (Å²) < 4.78 is 0. The molecular weight excluding hydrogens is 150 g/mol. The highest BCUT2D eigenvalue weighted by atomic mass is 16.3. The molecule has 1 aliphatic carbocycles. The summed E-state index contributed by atoms with van der Waals surface area (Å²) in [5, 5.41) is 9.24. The zero-order valence-electron chi connectivity index (χ0n) is 8.29. The Morgan fingerprint density at radius 2 is 2.17 bits per heavy atom. The molecule has 1 N–H and O–H groups in total. The molecule has 1 aliphatic rings. The molecule has 1 saturated carbocycles. The fourth-order valence-corrected chi connectivity index (χ4v) is 1.61. The molecule has 0 radical (unpaired) electrons. The summed E-state index contributed by atoms with van der Waals surface area (Å²) in [5.74, 6) is 0.940. The Kier molecular flexibility index (Phi) is 4.02. The van der Waals surface area contributed by atoms with Gasteiger partial charge in [-0.1, -0.05) is 6.92 Å². The van der Waals surface area contributed by atoms with E-state index in [0.29, 0.717) is 0 Å². The maximum absolute atomic E-state index is 9.24. The first-order chi connectivity index (χ1) is 5.72. The topological polar surface area (TPSA) is 23.5 Å². The van der Waals surface area contributed by atoms with Gasteiger partial charge in [0.2, 0.25) is 0 Å². The molecule has 0 aromatic heterocycles. The van der Waals surface area contributed by atoms with Crippen molar-refractivity contribution in [3.63, 3.8) is 0 Å². The lowest BCUT2D eigenvalue weighted by Gasteiger charge is -2.22. The quantitative estimate of drug-likeness (QED) is 0.654. The molecule has 1 fully saturated rings. The summed E-state index contributed by atoms with van der Waals surface area (Å²) >= 11 is 0. The van der Waals surface area contributed by atoms with Crippen LogP contribution in [0.3, 0.4) is 0 Å². The maximum Gasteiger partial charge on any atom is 0.0639 e. The number of rotatable bonds is 6. The van der Waals surface area contributed by atoms with Crippen LogP contribution < -0.4 is 0 Å². The van der Waals surface area contributed by atoms with Gasteiger partial charge in [-0.15, -0.1) is 0 Å². The second-order valence-electron chi connectivity index (χ2n) is 4.05. The van der Waals surface area contributed by atoms with Gasteiger partial charge in [-0.25, -0.2) is 0 Å². The minimum atomic E-state index is -0.171. The van der Waals surface area contributed by atoms with E-state index < -0.39 is 0 Å². The molecule has 2 nitrogen and oxygen atoms in total. The molecule has 0 aliphatic heterocycles. The highest BCUT2D eigenvalue weighted by molar-refractivity contribution is 4.77. The highest BCUT2D eigenvalue weighted by Gasteiger charge is 2.24. The van der Waals surface area contributed by atoms with Crippen molar-refractivity contribution >= 4 is 0 Å². The largest absolute Gasteiger partial charge is 0.392 e. The van der Waals surface area contributed by atoms with Crippen LogP contribution in [0.25, 0.3) is 0 Å². The molecule has 2 heteroatoms. The molecular formula is C10H21NO. The normalized spacial score (nSPS) is 20.0. The monoisotopic (exact) mass is 171 g/mol. The number of aliphatic hydroxyl groups excluding tert-OH is 1. The van der Waals surface area contributed by atoms with E-state index >= 15 is 0 Å². The van der Waals surface area contributed by atoms with Gasteiger partial charge in [0.15, 0.2) is 0 Å². The van der Waals surface area contributed by atoms with Crippen LogP contribution in [-0.2, 0) is 0 Å². The van der Waals surface area contributed by atoms with Crippen LogP contribution in [0, 0.1) is 5.92 Å². The van der Waals surface area contributed by atoms with Crippen LogP contribution in [0.5, 0.6) is 0 Å². The third-order valence-electron chi connectivity index (χ3n) is 2.28. The lowest BCUT2D eigenvalue weighted by molar-refractivity contribution is 0.123. The van der Waals surface area contributed by atoms with Crippen molar-refractivity contribution in [3.05, 3.63) is 0 Å². The zero-order chi connectivity index (χ0) is 8.97. The molecule has 0 saturated heterocycles. The molecule has 1 rings (SSSR count). The lowest BCUT2D eigenvalue weighted by atomic mass is 10.3. The van der Waals surface area contributed by atoms with Crippen molar-refractivity contribution in [2.45, 2.75) is 39.2 Å². The Hall–Kier alpha value is -0.0800. The van der Waals surface area contributed by atoms with Crippen LogP contribution in [0.1, 0.15) is 33.1 Å². The van der Waals surface area contributed by atoms with E-state index in [1.807, 2.05) is 6.92 Å². The molecule has 0 aromatic rings. The van der Waals surface area contributed by atoms with E-state index in [1.165, 1.54) is 25.8 Å². The average Bonchev–Trinajstić information content (AvgIpc) is 2.70. The van der Waals surface area contributed by atoms with E-state index in [4.69, 9.17) is 0 Å². The molecule has 72 valence electrons. The molecule has 0 spiro atoms. The Bertz CT molecular complexity index is 117. The van der Waals surface area contributed by atoms with Crippen molar-refractivity contribution in [2.75, 3.05) is 19.6 Å². The van der Waals surface area contributed by atoms with Crippen molar-refractivity contribution < 1.29 is 5.11 Å². The SMILES string of the molecule is CCCN(CC(C)O)CC1CC1. The fraction of sp³-hybridized carbons (Fsp3) is 1.00. The Morgan fingerprint density at radius 3 is 2.58 bits per heavy atom. The van der Waals surface area contributed by atoms with Gasteiger partial charge in [0.25, 0.3) is 0 Å². The third kappa shape index (κ3) is 4.07. The van der Waals surface area contributed by atoms with Gasteiger partial charge >= 0.3 is 0 Å². The van der Waals surface area contributed by atoms with E-state index in [-0.39, 0.29) is 6.10 Å². The van der Waals surface area contributed by atoms with E-state index in [2.05, 4.69) is 11.8 Å². The number of hydrogen-bond acceptors (Lipinski definition) is 2. The van der Waals surface area contributed by atoms with Crippen molar-refractivity contribution in [3.8, 4) is 0 Å². The van der Waals surface area contributed by atoms with Gasteiger partial charge in [0.05, 0.1) is 6.10 Å². The minimum Gasteiger partial charge on any atom is -0.392 e. The predicted octanol–water partition coefficient (Wildman–Crippen LogP) is 1.49. The highest BCUT2D eigenvalue weighted by Crippen LogP contribution is 2.29. The van der Waals surface area contributed by atoms with E-state index in [0.717, 1.165) is 19.0 Å². The standard InChI is InChI=1S/C10H21NO/c1-3-6-11(7-9(2)12)8-10-4-5-10/h9-10,12H,3-8H2,1-2H3. The van der Waals surface area contributed by atoms with Gasteiger partial charge in [-0.2, -0.15) is 0 Å². The molecule has 0 aromatic carbocycles. The lowest BCUT2D eigenvalue weighted by Crippen LogP contribution is -2.33. The van der Waals surface area contributed by atoms with Crippen molar-refractivity contribution in [1.29, 1.82) is 0 Å². The first kappa shape index (κ1) is 10.0. The van der Waals surface area contributed by atoms with Gasteiger partial charge in [-0.05, 0) is 38.6 Å². The molecule has 12 heavy (non-hydrogen) atoms. The van der Waals surface area contributed by atoms with Gasteiger partial charge in [0.1, 0.15) is 0 Å². The first-order valence-electron chi connectivity index (χ1n) is 5.12. The summed E-state index contributed by atoms with van der Waals surface area (Å²) in [5.41, 5.74) is 0. The second-order valence-corrected chi connectivity index (χ2v) is 4.05. The van der Waals surface area contributed by atoms with E-state index in [9.17, 15) is 5.11 Å². The average molecular weight is 171 g/mol. The van der Waals surface area contributed by atoms with Crippen LogP contribution >= 0.6 is 0 Å². The number of aliphatic hydroxyl groups is 1. The van der Waals surface area contributed by atoms with Crippen LogP contribution in [0.4, 0.5) is 0 Å². The minimum absolute atomic E-state index is 0.171. The first-order valence-corrected chi connectivity index (χ1v) is 5.12. The molecule has 0 amide bonds. The van der Waals surface area contributed by atoms with Crippen molar-refractivity contribution in [1.82, 2.24) is 4.90 Å². The number of hydrogen-bond donors (Lipinski definition) is 1. The summed E-state index contributed by atoms with van der Waals surface area (Å²) in [6.45, 7) is 7.27. The second kappa shape index (κ2) is 4.83. The molecule has 0 bridgehead atoms. The Labute approximate surface area is 75.6 Å². The molecule has 0 heterocycles. The maximum atomic E-state index is 9.24. The van der Waals surface area contributed by atoms with Crippen LogP contribution in [0.15, 0.2) is 0 Å². The van der Waals surface area contributed by atoms with Gasteiger partial charge in [-0.3, -0.25) is 0 Å². The Morgan fingerprint density at radius 1 is 1.50 bits per heavy atom. The van der Waals surface area contributed by atoms with E-state index in [1.54, 1.807) is 0 Å². The van der Waals surface area contributed by atoms with Gasteiger partial charge < -0.3 is 10.0 Å². The summed E-state index contributed by atoms with van der Waals surface area (Å²) in [6, 6.07) is 0. The fourth-order valence-electron chi connectivity index (χ4n) is 1.61. The zero-order valence-corrected chi connectivity index (χ0v) is 8.29. The predicted molar refractivity (Wildman–Crippen MR) is 51.1 cm³/mol. The summed E-state index contributed by atoms with van der Waals surface area (Å²) in [6.07, 6.45) is 3.83. The third-order valence-corrected chi connectivity index (χ3v) is 2.28. The Balaban J connectivity index is 2.16.